The van der Waals surface area contributed by atoms with E-state index < -0.39 is 116 Å². The van der Waals surface area contributed by atoms with E-state index >= 15 is 0 Å². The van der Waals surface area contributed by atoms with Crippen molar-refractivity contribution in [1.82, 2.24) is 5.32 Å². The molecule has 0 bridgehead atoms. The molecule has 17 heteroatoms. The molecule has 0 aromatic carbocycles. The number of ether oxygens (including phenoxy) is 7. The van der Waals surface area contributed by atoms with E-state index in [-0.39, 0.29) is 13.0 Å². The van der Waals surface area contributed by atoms with Crippen molar-refractivity contribution in [2.24, 2.45) is 5.92 Å². The fourth-order valence-corrected chi connectivity index (χ4v) is 4.68. The molecule has 0 spiro atoms. The van der Waals surface area contributed by atoms with Gasteiger partial charge in [-0.25, -0.2) is 0 Å². The van der Waals surface area contributed by atoms with Crippen LogP contribution in [0.4, 0.5) is 0 Å². The van der Waals surface area contributed by atoms with Crippen molar-refractivity contribution in [3.63, 3.8) is 0 Å². The summed E-state index contributed by atoms with van der Waals surface area (Å²) < 4.78 is 40.0. The summed E-state index contributed by atoms with van der Waals surface area (Å²) in [5.41, 5.74) is 0. The fraction of sp³-hybridized carbons (Fsp3) is 0.929. The minimum absolute atomic E-state index is 0.130. The Hall–Kier alpha value is -1.58. The molecule has 2 heterocycles. The normalized spacial score (nSPS) is 36.4. The topological polar surface area (TPSA) is 252 Å². The predicted molar refractivity (Wildman–Crippen MR) is 151 cm³/mol. The number of hydrogen-bond donors (Lipinski definition) is 8. The molecule has 0 aliphatic carbocycles. The number of carboxylic acid groups (broad SMARTS) is 1. The van der Waals surface area contributed by atoms with Crippen LogP contribution in [-0.4, -0.2) is 160 Å². The molecule has 0 radical (unpaired) electrons. The predicted octanol–water partition coefficient (Wildman–Crippen LogP) is -2.56. The molecule has 16 atom stereocenters. The quantitative estimate of drug-likeness (QED) is 0.0749. The van der Waals surface area contributed by atoms with Crippen LogP contribution in [0.1, 0.15) is 48.0 Å². The summed E-state index contributed by atoms with van der Waals surface area (Å²) in [5, 5.41) is 74.8. The molecule has 8 N–H and O–H groups in total. The number of carbonyl (C=O) groups is 2. The number of methoxy groups -OCH3 is 1. The maximum absolute atomic E-state index is 12.1. The van der Waals surface area contributed by atoms with E-state index in [2.05, 4.69) is 5.32 Å². The van der Waals surface area contributed by atoms with Crippen molar-refractivity contribution < 1.29 is 78.5 Å². The molecule has 45 heavy (non-hydrogen) atoms. The van der Waals surface area contributed by atoms with Crippen LogP contribution in [0.2, 0.25) is 0 Å². The number of amides is 1. The van der Waals surface area contributed by atoms with Gasteiger partial charge in [0.25, 0.3) is 0 Å². The fourth-order valence-electron chi connectivity index (χ4n) is 4.68. The minimum Gasteiger partial charge on any atom is -0.481 e. The third kappa shape index (κ3) is 11.0. The first-order valence-corrected chi connectivity index (χ1v) is 15.0. The molecule has 0 aromatic rings. The molecule has 7 unspecified atom stereocenters. The van der Waals surface area contributed by atoms with Crippen LogP contribution in [0.3, 0.4) is 0 Å². The lowest BCUT2D eigenvalue weighted by molar-refractivity contribution is -0.374. The molecular weight excluding hydrogens is 606 g/mol. The van der Waals surface area contributed by atoms with Crippen molar-refractivity contribution >= 4 is 11.9 Å². The Bertz CT molecular complexity index is 908. The number of hydrogen-bond acceptors (Lipinski definition) is 15. The SMILES string of the molecule is CO[C@@H](CO)[C@@H](OC(C)[C@H](C)NC(=O)CC(C)O)OC1[C@@H](O)C(C)O[C@@H](O[C@H]2C(O)[C@@H](O)C(C)O[C@H]2OCC(C)C(=O)O)[C@H]1O. The van der Waals surface area contributed by atoms with E-state index in [9.17, 15) is 45.3 Å². The van der Waals surface area contributed by atoms with E-state index in [0.717, 1.165) is 0 Å². The number of carbonyl (C=O) groups excluding carboxylic acids is 1. The summed E-state index contributed by atoms with van der Waals surface area (Å²) in [7, 11) is 1.28. The van der Waals surface area contributed by atoms with Crippen LogP contribution in [0.5, 0.6) is 0 Å². The van der Waals surface area contributed by atoms with E-state index in [1.54, 1.807) is 13.8 Å². The van der Waals surface area contributed by atoms with Crippen LogP contribution in [0.15, 0.2) is 0 Å². The average molecular weight is 658 g/mol. The van der Waals surface area contributed by atoms with Crippen molar-refractivity contribution in [3.8, 4) is 0 Å². The number of aliphatic hydroxyl groups is 6. The van der Waals surface area contributed by atoms with Gasteiger partial charge in [-0.1, -0.05) is 0 Å². The van der Waals surface area contributed by atoms with Crippen molar-refractivity contribution in [3.05, 3.63) is 0 Å². The monoisotopic (exact) mass is 657 g/mol. The summed E-state index contributed by atoms with van der Waals surface area (Å²) >= 11 is 0. The Morgan fingerprint density at radius 1 is 0.889 bits per heavy atom. The molecule has 2 rings (SSSR count). The van der Waals surface area contributed by atoms with Gasteiger partial charge in [0.05, 0.1) is 56.0 Å². The van der Waals surface area contributed by atoms with Gasteiger partial charge in [0.1, 0.15) is 42.7 Å². The second kappa shape index (κ2) is 18.1. The average Bonchev–Trinajstić information content (AvgIpc) is 2.96. The van der Waals surface area contributed by atoms with E-state index in [0.29, 0.717) is 0 Å². The first-order chi connectivity index (χ1) is 21.0. The van der Waals surface area contributed by atoms with Gasteiger partial charge < -0.3 is 74.2 Å². The van der Waals surface area contributed by atoms with Crippen LogP contribution in [0, 0.1) is 5.92 Å². The first kappa shape index (κ1) is 39.6. The zero-order valence-electron chi connectivity index (χ0n) is 26.7. The van der Waals surface area contributed by atoms with Crippen molar-refractivity contribution in [2.75, 3.05) is 20.3 Å². The molecule has 0 aromatic heterocycles. The van der Waals surface area contributed by atoms with Crippen LogP contribution in [0.25, 0.3) is 0 Å². The lowest BCUT2D eigenvalue weighted by Gasteiger charge is -2.47. The summed E-state index contributed by atoms with van der Waals surface area (Å²) in [6.45, 7) is 8.17. The standard InChI is InChI=1S/C28H51NO16/c1-11(25(37)38)10-40-28-24(21(35)19(33)15(5)43-28)45-27-22(36)23(20(34)16(6)42-27)44-26(17(9-30)39-7)41-14(4)13(3)29-18(32)8-12(2)31/h11-17,19-24,26-28,30-31,33-36H,8-10H2,1-7H3,(H,29,32)(H,37,38)/t11?,12?,13-,14?,15?,16?,17-,19-,20-,21?,22-,23?,24-,26-,27-,28+/m0/s1. The highest BCUT2D eigenvalue weighted by Gasteiger charge is 2.51. The number of carboxylic acids is 1. The second-order valence-corrected chi connectivity index (χ2v) is 11.7. The molecule has 0 saturated carbocycles. The van der Waals surface area contributed by atoms with Gasteiger partial charge in [0.2, 0.25) is 5.91 Å². The van der Waals surface area contributed by atoms with Gasteiger partial charge in [0, 0.05) is 7.11 Å². The Morgan fingerprint density at radius 2 is 1.49 bits per heavy atom. The molecular formula is C28H51NO16. The lowest BCUT2D eigenvalue weighted by atomic mass is 9.97. The van der Waals surface area contributed by atoms with Crippen LogP contribution in [-0.2, 0) is 42.7 Å². The maximum atomic E-state index is 12.1. The molecule has 2 aliphatic rings. The summed E-state index contributed by atoms with van der Waals surface area (Å²) in [6.07, 6.45) is -18.3. The van der Waals surface area contributed by atoms with Gasteiger partial charge >= 0.3 is 5.97 Å². The van der Waals surface area contributed by atoms with Gasteiger partial charge in [-0.2, -0.15) is 0 Å². The number of rotatable bonds is 17. The third-order valence-electron chi connectivity index (χ3n) is 7.79. The maximum Gasteiger partial charge on any atom is 0.308 e. The zero-order chi connectivity index (χ0) is 34.2. The highest BCUT2D eigenvalue weighted by atomic mass is 16.8. The van der Waals surface area contributed by atoms with E-state index in [4.69, 9.17) is 33.2 Å². The summed E-state index contributed by atoms with van der Waals surface area (Å²) in [5.74, 6) is -2.49. The number of aliphatic hydroxyl groups excluding tert-OH is 6. The number of nitrogens with one attached hydrogen (secondary N) is 1. The Morgan fingerprint density at radius 3 is 2.04 bits per heavy atom. The highest BCUT2D eigenvalue weighted by molar-refractivity contribution is 5.76. The molecule has 17 nitrogen and oxygen atoms in total. The Kier molecular flexibility index (Phi) is 15.9. The van der Waals surface area contributed by atoms with Crippen molar-refractivity contribution in [2.45, 2.75) is 140 Å². The van der Waals surface area contributed by atoms with Crippen molar-refractivity contribution in [1.29, 1.82) is 0 Å². The summed E-state index contributed by atoms with van der Waals surface area (Å²) in [6, 6.07) is -0.597. The smallest absolute Gasteiger partial charge is 0.308 e. The van der Waals surface area contributed by atoms with Crippen LogP contribution >= 0.6 is 0 Å². The zero-order valence-corrected chi connectivity index (χ0v) is 26.7. The second-order valence-electron chi connectivity index (χ2n) is 11.7. The molecule has 264 valence electrons. The molecule has 1 amide bonds. The largest absolute Gasteiger partial charge is 0.481 e. The van der Waals surface area contributed by atoms with Gasteiger partial charge in [-0.05, 0) is 41.5 Å². The Balaban J connectivity index is 2.24. The summed E-state index contributed by atoms with van der Waals surface area (Å²) in [4.78, 5) is 23.4. The minimum atomic E-state index is -1.75. The third-order valence-corrected chi connectivity index (χ3v) is 7.79. The van der Waals surface area contributed by atoms with Crippen LogP contribution < -0.4 is 5.32 Å². The van der Waals surface area contributed by atoms with Gasteiger partial charge in [0.15, 0.2) is 18.9 Å². The van der Waals surface area contributed by atoms with Gasteiger partial charge in [-0.3, -0.25) is 9.59 Å². The molecule has 2 fully saturated rings. The highest BCUT2D eigenvalue weighted by Crippen LogP contribution is 2.32. The van der Waals surface area contributed by atoms with Gasteiger partial charge in [-0.15, -0.1) is 0 Å². The Labute approximate surface area is 262 Å². The lowest BCUT2D eigenvalue weighted by Crippen LogP contribution is -2.64. The van der Waals surface area contributed by atoms with E-state index in [1.165, 1.54) is 34.8 Å². The van der Waals surface area contributed by atoms with E-state index in [1.807, 2.05) is 0 Å². The molecule has 2 aliphatic heterocycles. The molecule has 2 saturated heterocycles. The number of aliphatic carboxylic acids is 1. The first-order valence-electron chi connectivity index (χ1n) is 15.0.